The Morgan fingerprint density at radius 2 is 2.35 bits per heavy atom. The zero-order valence-corrected chi connectivity index (χ0v) is 12.6. The lowest BCUT2D eigenvalue weighted by molar-refractivity contribution is 0.198. The Balaban J connectivity index is 1.74. The third-order valence-electron chi connectivity index (χ3n) is 2.72. The van der Waals surface area contributed by atoms with Crippen molar-refractivity contribution in [2.24, 2.45) is 0 Å². The molecule has 0 saturated carbocycles. The molecule has 0 saturated heterocycles. The van der Waals surface area contributed by atoms with E-state index in [0.717, 1.165) is 13.0 Å². The largest absolute Gasteiger partial charge is 0.407 e. The standard InChI is InChI=1S/C13H20N4O2S/c1-10(7-11-3-6-20-9-11)15-13-17-16-12(19-13)8-14-4-5-18-2/h3,6,9-10,14H,4-5,7-8H2,1-2H3,(H,15,17). The molecule has 0 amide bonds. The molecule has 2 N–H and O–H groups in total. The number of rotatable bonds is 9. The Morgan fingerprint density at radius 1 is 1.45 bits per heavy atom. The molecule has 0 aliphatic rings. The minimum atomic E-state index is 0.249. The Kier molecular flexibility index (Phi) is 5.97. The first-order valence-electron chi connectivity index (χ1n) is 6.57. The van der Waals surface area contributed by atoms with E-state index in [-0.39, 0.29) is 6.04 Å². The van der Waals surface area contributed by atoms with Gasteiger partial charge in [-0.2, -0.15) is 11.3 Å². The van der Waals surface area contributed by atoms with Gasteiger partial charge in [0, 0.05) is 19.7 Å². The van der Waals surface area contributed by atoms with E-state index >= 15 is 0 Å². The van der Waals surface area contributed by atoms with Crippen LogP contribution in [-0.2, 0) is 17.7 Å². The summed E-state index contributed by atoms with van der Waals surface area (Å²) >= 11 is 1.71. The van der Waals surface area contributed by atoms with Crippen LogP contribution in [0.25, 0.3) is 0 Å². The van der Waals surface area contributed by atoms with E-state index in [9.17, 15) is 0 Å². The maximum atomic E-state index is 5.52. The maximum Gasteiger partial charge on any atom is 0.315 e. The lowest BCUT2D eigenvalue weighted by atomic mass is 10.1. The molecule has 2 rings (SSSR count). The molecule has 1 atom stereocenters. The minimum Gasteiger partial charge on any atom is -0.407 e. The number of anilines is 1. The molecule has 0 aliphatic heterocycles. The Morgan fingerprint density at radius 3 is 3.10 bits per heavy atom. The van der Waals surface area contributed by atoms with E-state index in [0.29, 0.717) is 25.1 Å². The zero-order chi connectivity index (χ0) is 14.2. The van der Waals surface area contributed by atoms with Crippen molar-refractivity contribution >= 4 is 17.4 Å². The van der Waals surface area contributed by atoms with E-state index in [1.807, 2.05) is 0 Å². The minimum absolute atomic E-state index is 0.249. The highest BCUT2D eigenvalue weighted by Gasteiger charge is 2.09. The first-order chi connectivity index (χ1) is 9.78. The van der Waals surface area contributed by atoms with Crippen LogP contribution in [0.3, 0.4) is 0 Å². The van der Waals surface area contributed by atoms with E-state index in [4.69, 9.17) is 9.15 Å². The number of nitrogens with one attached hydrogen (secondary N) is 2. The highest BCUT2D eigenvalue weighted by atomic mass is 32.1. The smallest absolute Gasteiger partial charge is 0.315 e. The van der Waals surface area contributed by atoms with Gasteiger partial charge in [0.1, 0.15) is 0 Å². The molecule has 6 nitrogen and oxygen atoms in total. The number of thiophene rings is 1. The first kappa shape index (κ1) is 15.0. The molecule has 2 heterocycles. The van der Waals surface area contributed by atoms with Gasteiger partial charge in [-0.05, 0) is 35.7 Å². The summed E-state index contributed by atoms with van der Waals surface area (Å²) < 4.78 is 10.5. The first-order valence-corrected chi connectivity index (χ1v) is 7.52. The fourth-order valence-corrected chi connectivity index (χ4v) is 2.46. The van der Waals surface area contributed by atoms with E-state index in [2.05, 4.69) is 44.6 Å². The molecule has 110 valence electrons. The fraction of sp³-hybridized carbons (Fsp3) is 0.538. The molecule has 0 spiro atoms. The predicted molar refractivity (Wildman–Crippen MR) is 79.0 cm³/mol. The molecule has 2 aromatic rings. The van der Waals surface area contributed by atoms with Crippen LogP contribution in [0.4, 0.5) is 6.01 Å². The van der Waals surface area contributed by atoms with E-state index in [1.54, 1.807) is 18.4 Å². The van der Waals surface area contributed by atoms with Gasteiger partial charge in [0.2, 0.25) is 5.89 Å². The van der Waals surface area contributed by atoms with Gasteiger partial charge in [0.25, 0.3) is 0 Å². The number of aromatic nitrogens is 2. The lowest BCUT2D eigenvalue weighted by Crippen LogP contribution is -2.18. The molecule has 1 unspecified atom stereocenters. The summed E-state index contributed by atoms with van der Waals surface area (Å²) in [5, 5.41) is 18.6. The monoisotopic (exact) mass is 296 g/mol. The van der Waals surface area contributed by atoms with Crippen molar-refractivity contribution in [3.63, 3.8) is 0 Å². The summed E-state index contributed by atoms with van der Waals surface area (Å²) in [6.45, 7) is 4.07. The van der Waals surface area contributed by atoms with Crippen LogP contribution >= 0.6 is 11.3 Å². The third kappa shape index (κ3) is 4.92. The normalized spacial score (nSPS) is 12.5. The lowest BCUT2D eigenvalue weighted by Gasteiger charge is -2.10. The number of hydrogen-bond donors (Lipinski definition) is 2. The second kappa shape index (κ2) is 7.98. The predicted octanol–water partition coefficient (Wildman–Crippen LogP) is 1.91. The van der Waals surface area contributed by atoms with Crippen LogP contribution in [0.5, 0.6) is 0 Å². The number of methoxy groups -OCH3 is 1. The number of ether oxygens (including phenoxy) is 1. The van der Waals surface area contributed by atoms with Crippen molar-refractivity contribution < 1.29 is 9.15 Å². The summed E-state index contributed by atoms with van der Waals surface area (Å²) in [5.41, 5.74) is 1.32. The number of hydrogen-bond acceptors (Lipinski definition) is 7. The summed E-state index contributed by atoms with van der Waals surface area (Å²) in [4.78, 5) is 0. The molecule has 0 radical (unpaired) electrons. The van der Waals surface area contributed by atoms with Gasteiger partial charge < -0.3 is 19.8 Å². The fourth-order valence-electron chi connectivity index (χ4n) is 1.78. The SMILES string of the molecule is COCCNCc1nnc(NC(C)Cc2ccsc2)o1. The van der Waals surface area contributed by atoms with Crippen molar-refractivity contribution in [1.82, 2.24) is 15.5 Å². The topological polar surface area (TPSA) is 72.2 Å². The average molecular weight is 296 g/mol. The van der Waals surface area contributed by atoms with Gasteiger partial charge in [0.05, 0.1) is 13.2 Å². The van der Waals surface area contributed by atoms with Crippen LogP contribution in [0, 0.1) is 0 Å². The summed E-state index contributed by atoms with van der Waals surface area (Å²) in [7, 11) is 1.67. The van der Waals surface area contributed by atoms with Crippen LogP contribution < -0.4 is 10.6 Å². The van der Waals surface area contributed by atoms with Crippen molar-refractivity contribution in [2.45, 2.75) is 25.9 Å². The van der Waals surface area contributed by atoms with Crippen LogP contribution in [0.1, 0.15) is 18.4 Å². The Labute approximate surface area is 122 Å². The van der Waals surface area contributed by atoms with Crippen LogP contribution in [-0.4, -0.2) is 36.5 Å². The molecular formula is C13H20N4O2S. The second-order valence-corrected chi connectivity index (χ2v) is 5.33. The van der Waals surface area contributed by atoms with Crippen molar-refractivity contribution in [2.75, 3.05) is 25.6 Å². The zero-order valence-electron chi connectivity index (χ0n) is 11.8. The van der Waals surface area contributed by atoms with Crippen molar-refractivity contribution in [3.8, 4) is 0 Å². The van der Waals surface area contributed by atoms with Crippen molar-refractivity contribution in [1.29, 1.82) is 0 Å². The second-order valence-electron chi connectivity index (χ2n) is 4.55. The molecule has 0 aliphatic carbocycles. The summed E-state index contributed by atoms with van der Waals surface area (Å²) in [6, 6.07) is 2.84. The highest BCUT2D eigenvalue weighted by molar-refractivity contribution is 7.07. The molecule has 0 aromatic carbocycles. The maximum absolute atomic E-state index is 5.52. The summed E-state index contributed by atoms with van der Waals surface area (Å²) in [6.07, 6.45) is 0.938. The van der Waals surface area contributed by atoms with Gasteiger partial charge in [0.15, 0.2) is 0 Å². The van der Waals surface area contributed by atoms with Crippen LogP contribution in [0.2, 0.25) is 0 Å². The van der Waals surface area contributed by atoms with E-state index < -0.39 is 0 Å². The molecule has 0 bridgehead atoms. The number of nitrogens with zero attached hydrogens (tertiary/aromatic N) is 2. The third-order valence-corrected chi connectivity index (χ3v) is 3.45. The van der Waals surface area contributed by atoms with Gasteiger partial charge in [-0.25, -0.2) is 0 Å². The quantitative estimate of drug-likeness (QED) is 0.689. The van der Waals surface area contributed by atoms with Crippen LogP contribution in [0.15, 0.2) is 21.2 Å². The van der Waals surface area contributed by atoms with Crippen molar-refractivity contribution in [3.05, 3.63) is 28.3 Å². The molecular weight excluding hydrogens is 276 g/mol. The van der Waals surface area contributed by atoms with Gasteiger partial charge in [-0.15, -0.1) is 5.10 Å². The molecule has 0 fully saturated rings. The molecule has 20 heavy (non-hydrogen) atoms. The van der Waals surface area contributed by atoms with Gasteiger partial charge >= 0.3 is 6.01 Å². The van der Waals surface area contributed by atoms with Gasteiger partial charge in [-0.1, -0.05) is 5.10 Å². The highest BCUT2D eigenvalue weighted by Crippen LogP contribution is 2.12. The van der Waals surface area contributed by atoms with E-state index in [1.165, 1.54) is 5.56 Å². The Bertz CT molecular complexity index is 486. The Hall–Kier alpha value is -1.44. The summed E-state index contributed by atoms with van der Waals surface area (Å²) in [5.74, 6) is 0.575. The molecule has 7 heteroatoms. The average Bonchev–Trinajstić information content (AvgIpc) is 3.07. The van der Waals surface area contributed by atoms with Gasteiger partial charge in [-0.3, -0.25) is 0 Å². The molecule has 2 aromatic heterocycles.